The van der Waals surface area contributed by atoms with Crippen molar-refractivity contribution < 1.29 is 19.2 Å². The first kappa shape index (κ1) is 15.8. The van der Waals surface area contributed by atoms with Gasteiger partial charge in [0.25, 0.3) is 5.91 Å². The summed E-state index contributed by atoms with van der Waals surface area (Å²) in [5.74, 6) is 0.427. The topological polar surface area (TPSA) is 81.9 Å². The standard InChI is InChI=1S/C17H16N2O5/c1-12-10-18(13-6-2-5-9-16(13)24-12)17(20)11-23-15-8-4-3-7-14(15)19(21)22/h2-9,12H,10-11H2,1H3/t12-/m1/s1. The van der Waals surface area contributed by atoms with Crippen LogP contribution < -0.4 is 14.4 Å². The molecule has 7 nitrogen and oxygen atoms in total. The van der Waals surface area contributed by atoms with Crippen LogP contribution in [0.15, 0.2) is 48.5 Å². The number of hydrogen-bond acceptors (Lipinski definition) is 5. The molecule has 3 rings (SSSR count). The average Bonchev–Trinajstić information content (AvgIpc) is 2.59. The van der Waals surface area contributed by atoms with E-state index < -0.39 is 4.92 Å². The summed E-state index contributed by atoms with van der Waals surface area (Å²) >= 11 is 0. The molecule has 0 saturated heterocycles. The number of nitrogens with zero attached hydrogens (tertiary/aromatic N) is 2. The molecule has 2 aromatic carbocycles. The first-order chi connectivity index (χ1) is 11.6. The molecule has 0 aliphatic carbocycles. The Hall–Kier alpha value is -3.09. The summed E-state index contributed by atoms with van der Waals surface area (Å²) in [6, 6.07) is 13.2. The third kappa shape index (κ3) is 3.15. The number of benzene rings is 2. The molecule has 0 radical (unpaired) electrons. The van der Waals surface area contributed by atoms with Crippen molar-refractivity contribution in [2.24, 2.45) is 0 Å². The lowest BCUT2D eigenvalue weighted by Gasteiger charge is -2.33. The van der Waals surface area contributed by atoms with Gasteiger partial charge in [-0.15, -0.1) is 0 Å². The van der Waals surface area contributed by atoms with Crippen molar-refractivity contribution in [2.75, 3.05) is 18.1 Å². The van der Waals surface area contributed by atoms with Crippen molar-refractivity contribution >= 4 is 17.3 Å². The molecule has 0 aromatic heterocycles. The van der Waals surface area contributed by atoms with Crippen LogP contribution in [0.25, 0.3) is 0 Å². The van der Waals surface area contributed by atoms with Gasteiger partial charge in [0.1, 0.15) is 11.9 Å². The largest absolute Gasteiger partial charge is 0.487 e. The van der Waals surface area contributed by atoms with Crippen LogP contribution in [0.1, 0.15) is 6.92 Å². The summed E-state index contributed by atoms with van der Waals surface area (Å²) in [6.45, 7) is 1.99. The van der Waals surface area contributed by atoms with Crippen molar-refractivity contribution in [3.63, 3.8) is 0 Å². The van der Waals surface area contributed by atoms with Crippen molar-refractivity contribution in [1.29, 1.82) is 0 Å². The van der Waals surface area contributed by atoms with E-state index in [1.165, 1.54) is 12.1 Å². The average molecular weight is 328 g/mol. The van der Waals surface area contributed by atoms with E-state index in [9.17, 15) is 14.9 Å². The molecule has 1 amide bonds. The van der Waals surface area contributed by atoms with Gasteiger partial charge in [0.05, 0.1) is 17.2 Å². The van der Waals surface area contributed by atoms with Gasteiger partial charge in [-0.05, 0) is 25.1 Å². The number of fused-ring (bicyclic) bond motifs is 1. The first-order valence-electron chi connectivity index (χ1n) is 7.48. The lowest BCUT2D eigenvalue weighted by molar-refractivity contribution is -0.385. The van der Waals surface area contributed by atoms with E-state index in [1.807, 2.05) is 19.1 Å². The molecule has 24 heavy (non-hydrogen) atoms. The van der Waals surface area contributed by atoms with Gasteiger partial charge in [0.15, 0.2) is 12.4 Å². The van der Waals surface area contributed by atoms with Gasteiger partial charge in [-0.2, -0.15) is 0 Å². The second kappa shape index (κ2) is 6.57. The number of carbonyl (C=O) groups excluding carboxylic acids is 1. The Morgan fingerprint density at radius 1 is 1.29 bits per heavy atom. The predicted octanol–water partition coefficient (Wildman–Crippen LogP) is 2.79. The van der Waals surface area contributed by atoms with Gasteiger partial charge in [0, 0.05) is 6.07 Å². The van der Waals surface area contributed by atoms with Crippen LogP contribution in [0.2, 0.25) is 0 Å². The maximum atomic E-state index is 12.5. The molecule has 2 aromatic rings. The minimum atomic E-state index is -0.536. The number of nitro groups is 1. The Balaban J connectivity index is 1.76. The van der Waals surface area contributed by atoms with E-state index >= 15 is 0 Å². The van der Waals surface area contributed by atoms with Crippen LogP contribution in [0.5, 0.6) is 11.5 Å². The monoisotopic (exact) mass is 328 g/mol. The Morgan fingerprint density at radius 3 is 2.79 bits per heavy atom. The SMILES string of the molecule is C[C@@H]1CN(C(=O)COc2ccccc2[N+](=O)[O-])c2ccccc2O1. The highest BCUT2D eigenvalue weighted by atomic mass is 16.6. The summed E-state index contributed by atoms with van der Waals surface area (Å²) in [4.78, 5) is 24.6. The maximum absolute atomic E-state index is 12.5. The summed E-state index contributed by atoms with van der Waals surface area (Å²) < 4.78 is 11.1. The van der Waals surface area contributed by atoms with Crippen LogP contribution in [-0.4, -0.2) is 30.1 Å². The Labute approximate surface area is 138 Å². The second-order valence-electron chi connectivity index (χ2n) is 5.41. The normalized spacial score (nSPS) is 16.0. The number of nitro benzene ring substituents is 1. The molecule has 124 valence electrons. The minimum absolute atomic E-state index is 0.0745. The van der Waals surface area contributed by atoms with E-state index in [0.29, 0.717) is 18.0 Å². The Bertz CT molecular complexity index is 777. The van der Waals surface area contributed by atoms with E-state index in [2.05, 4.69) is 0 Å². The highest BCUT2D eigenvalue weighted by Crippen LogP contribution is 2.33. The number of hydrogen-bond donors (Lipinski definition) is 0. The van der Waals surface area contributed by atoms with E-state index in [4.69, 9.17) is 9.47 Å². The van der Waals surface area contributed by atoms with Gasteiger partial charge in [-0.1, -0.05) is 24.3 Å². The molecule has 0 unspecified atom stereocenters. The molecule has 0 saturated carbocycles. The van der Waals surface area contributed by atoms with Crippen LogP contribution in [0.4, 0.5) is 11.4 Å². The number of ether oxygens (including phenoxy) is 2. The van der Waals surface area contributed by atoms with Gasteiger partial charge in [-0.3, -0.25) is 14.9 Å². The van der Waals surface area contributed by atoms with E-state index in [1.54, 1.807) is 29.2 Å². The number of rotatable bonds is 4. The van der Waals surface area contributed by atoms with Crippen LogP contribution in [0.3, 0.4) is 0 Å². The summed E-state index contributed by atoms with van der Waals surface area (Å²) in [5, 5.41) is 11.0. The molecule has 0 fully saturated rings. The van der Waals surface area contributed by atoms with Crippen molar-refractivity contribution in [2.45, 2.75) is 13.0 Å². The lowest BCUT2D eigenvalue weighted by atomic mass is 10.2. The lowest BCUT2D eigenvalue weighted by Crippen LogP contribution is -2.44. The molecule has 7 heteroatoms. The summed E-state index contributed by atoms with van der Waals surface area (Å²) in [6.07, 6.45) is -0.144. The molecule has 0 N–H and O–H groups in total. The van der Waals surface area contributed by atoms with Crippen molar-refractivity contribution in [3.8, 4) is 11.5 Å². The van der Waals surface area contributed by atoms with Gasteiger partial charge < -0.3 is 14.4 Å². The third-order valence-electron chi connectivity index (χ3n) is 3.64. The van der Waals surface area contributed by atoms with E-state index in [-0.39, 0.29) is 30.1 Å². The zero-order valence-electron chi connectivity index (χ0n) is 13.0. The number of carbonyl (C=O) groups is 1. The van der Waals surface area contributed by atoms with Gasteiger partial charge in [0.2, 0.25) is 0 Å². The Morgan fingerprint density at radius 2 is 2.00 bits per heavy atom. The highest BCUT2D eigenvalue weighted by Gasteiger charge is 2.28. The summed E-state index contributed by atoms with van der Waals surface area (Å²) in [7, 11) is 0. The molecule has 1 aliphatic rings. The highest BCUT2D eigenvalue weighted by molar-refractivity contribution is 5.96. The molecule has 0 spiro atoms. The van der Waals surface area contributed by atoms with Crippen LogP contribution >= 0.6 is 0 Å². The number of anilines is 1. The van der Waals surface area contributed by atoms with Crippen molar-refractivity contribution in [1.82, 2.24) is 0 Å². The molecular weight excluding hydrogens is 312 g/mol. The summed E-state index contributed by atoms with van der Waals surface area (Å²) in [5.41, 5.74) is 0.507. The molecule has 1 aliphatic heterocycles. The van der Waals surface area contributed by atoms with Gasteiger partial charge >= 0.3 is 5.69 Å². The van der Waals surface area contributed by atoms with Crippen LogP contribution in [0, 0.1) is 10.1 Å². The van der Waals surface area contributed by atoms with Crippen molar-refractivity contribution in [3.05, 3.63) is 58.6 Å². The fourth-order valence-corrected chi connectivity index (χ4v) is 2.57. The minimum Gasteiger partial charge on any atom is -0.487 e. The quantitative estimate of drug-likeness (QED) is 0.637. The zero-order valence-corrected chi connectivity index (χ0v) is 13.0. The molecular formula is C17H16N2O5. The van der Waals surface area contributed by atoms with Gasteiger partial charge in [-0.25, -0.2) is 0 Å². The third-order valence-corrected chi connectivity index (χ3v) is 3.64. The van der Waals surface area contributed by atoms with Crippen LogP contribution in [-0.2, 0) is 4.79 Å². The second-order valence-corrected chi connectivity index (χ2v) is 5.41. The molecule has 1 atom stereocenters. The predicted molar refractivity (Wildman–Crippen MR) is 87.5 cm³/mol. The Kier molecular flexibility index (Phi) is 4.33. The zero-order chi connectivity index (χ0) is 17.1. The molecule has 0 bridgehead atoms. The fourth-order valence-electron chi connectivity index (χ4n) is 2.57. The number of amides is 1. The number of para-hydroxylation sites is 4. The first-order valence-corrected chi connectivity index (χ1v) is 7.48. The molecule has 1 heterocycles. The maximum Gasteiger partial charge on any atom is 0.310 e. The van der Waals surface area contributed by atoms with E-state index in [0.717, 1.165) is 0 Å². The smallest absolute Gasteiger partial charge is 0.310 e. The fraction of sp³-hybridized carbons (Fsp3) is 0.235.